The van der Waals surface area contributed by atoms with Crippen molar-refractivity contribution in [2.45, 2.75) is 45.3 Å². The summed E-state index contributed by atoms with van der Waals surface area (Å²) in [6.45, 7) is 6.64. The Morgan fingerprint density at radius 1 is 1.28 bits per heavy atom. The Labute approximate surface area is 109 Å². The molecule has 0 aromatic heterocycles. The van der Waals surface area contributed by atoms with Gasteiger partial charge in [-0.05, 0) is 32.4 Å². The van der Waals surface area contributed by atoms with Crippen molar-refractivity contribution < 1.29 is 13.5 Å². The maximum Gasteiger partial charge on any atom is 0.251 e. The molecule has 3 nitrogen and oxygen atoms in total. The van der Waals surface area contributed by atoms with Crippen LogP contribution in [0.1, 0.15) is 26.7 Å². The highest BCUT2D eigenvalue weighted by Crippen LogP contribution is 2.20. The molecule has 1 heterocycles. The summed E-state index contributed by atoms with van der Waals surface area (Å²) in [5.74, 6) is 0.638. The van der Waals surface area contributed by atoms with Crippen LogP contribution in [-0.2, 0) is 4.74 Å². The molecule has 0 spiro atoms. The van der Waals surface area contributed by atoms with Gasteiger partial charge < -0.3 is 10.1 Å². The Bertz CT molecular complexity index is 227. The average Bonchev–Trinajstić information content (AvgIpc) is 2.63. The van der Waals surface area contributed by atoms with Crippen LogP contribution < -0.4 is 5.32 Å². The highest BCUT2D eigenvalue weighted by Gasteiger charge is 2.26. The summed E-state index contributed by atoms with van der Waals surface area (Å²) in [6, 6.07) is 0. The summed E-state index contributed by atoms with van der Waals surface area (Å²) in [7, 11) is 1.72. The number of likely N-dealkylation sites (N-methyl/N-ethyl adjacent to an activating group) is 1. The van der Waals surface area contributed by atoms with Crippen molar-refractivity contribution in [1.29, 1.82) is 0 Å². The molecule has 1 rings (SSSR count). The van der Waals surface area contributed by atoms with Crippen molar-refractivity contribution in [3.63, 3.8) is 0 Å². The third kappa shape index (κ3) is 6.61. The lowest BCUT2D eigenvalue weighted by atomic mass is 10.2. The lowest BCUT2D eigenvalue weighted by Crippen LogP contribution is -2.34. The maximum atomic E-state index is 12.2. The topological polar surface area (TPSA) is 24.5 Å². The van der Waals surface area contributed by atoms with E-state index in [1.165, 1.54) is 0 Å². The van der Waals surface area contributed by atoms with Crippen LogP contribution in [0.25, 0.3) is 0 Å². The van der Waals surface area contributed by atoms with E-state index < -0.39 is 6.43 Å². The minimum atomic E-state index is -2.26. The predicted octanol–water partition coefficient (Wildman–Crippen LogP) is 1.98. The summed E-state index contributed by atoms with van der Waals surface area (Å²) in [5, 5.41) is 3.37. The lowest BCUT2D eigenvalue weighted by Gasteiger charge is -2.21. The first-order valence-electron chi connectivity index (χ1n) is 6.80. The third-order valence-corrected chi connectivity index (χ3v) is 3.09. The zero-order chi connectivity index (χ0) is 13.5. The smallest absolute Gasteiger partial charge is 0.251 e. The minimum Gasteiger partial charge on any atom is -0.372 e. The molecule has 0 saturated carbocycles. The molecule has 1 fully saturated rings. The highest BCUT2D eigenvalue weighted by molar-refractivity contribution is 4.77. The van der Waals surface area contributed by atoms with Gasteiger partial charge in [0.25, 0.3) is 6.43 Å². The standard InChI is InChI=1S/C13H26F2N2O/c1-10(2)6-16-7-11-4-5-12(18-11)8-17(3)9-13(14)15/h10-13,16H,4-9H2,1-3H3. The van der Waals surface area contributed by atoms with Crippen LogP contribution in [0, 0.1) is 5.92 Å². The summed E-state index contributed by atoms with van der Waals surface area (Å²) >= 11 is 0. The Morgan fingerprint density at radius 3 is 2.56 bits per heavy atom. The van der Waals surface area contributed by atoms with Gasteiger partial charge in [0, 0.05) is 13.1 Å². The molecule has 1 aliphatic heterocycles. The highest BCUT2D eigenvalue weighted by atomic mass is 19.3. The molecule has 108 valence electrons. The molecule has 0 radical (unpaired) electrons. The molecule has 2 unspecified atom stereocenters. The monoisotopic (exact) mass is 264 g/mol. The zero-order valence-corrected chi connectivity index (χ0v) is 11.7. The summed E-state index contributed by atoms with van der Waals surface area (Å²) in [6.07, 6.45) is 0.0908. The second-order valence-corrected chi connectivity index (χ2v) is 5.62. The fraction of sp³-hybridized carbons (Fsp3) is 1.00. The van der Waals surface area contributed by atoms with Crippen LogP contribution in [0.4, 0.5) is 8.78 Å². The number of hydrogen-bond acceptors (Lipinski definition) is 3. The van der Waals surface area contributed by atoms with Crippen LogP contribution in [0.2, 0.25) is 0 Å². The summed E-state index contributed by atoms with van der Waals surface area (Å²) in [4.78, 5) is 1.65. The van der Waals surface area contributed by atoms with Crippen molar-refractivity contribution in [3.05, 3.63) is 0 Å². The molecule has 1 saturated heterocycles. The van der Waals surface area contributed by atoms with Gasteiger partial charge >= 0.3 is 0 Å². The van der Waals surface area contributed by atoms with Crippen molar-refractivity contribution in [3.8, 4) is 0 Å². The molecule has 5 heteroatoms. The fourth-order valence-corrected chi connectivity index (χ4v) is 2.26. The molecule has 0 aromatic rings. The van der Waals surface area contributed by atoms with Crippen LogP contribution >= 0.6 is 0 Å². The Balaban J connectivity index is 2.12. The first-order valence-corrected chi connectivity index (χ1v) is 6.80. The van der Waals surface area contributed by atoms with Gasteiger partial charge in [0.1, 0.15) is 0 Å². The first-order chi connectivity index (χ1) is 8.47. The van der Waals surface area contributed by atoms with Crippen LogP contribution in [0.3, 0.4) is 0 Å². The van der Waals surface area contributed by atoms with E-state index in [4.69, 9.17) is 4.74 Å². The number of nitrogens with zero attached hydrogens (tertiary/aromatic N) is 1. The SMILES string of the molecule is CC(C)CNCC1CCC(CN(C)CC(F)F)O1. The first kappa shape index (κ1) is 15.8. The molecule has 0 bridgehead atoms. The van der Waals surface area contributed by atoms with E-state index in [2.05, 4.69) is 19.2 Å². The van der Waals surface area contributed by atoms with E-state index in [0.717, 1.165) is 25.9 Å². The summed E-state index contributed by atoms with van der Waals surface area (Å²) in [5.41, 5.74) is 0. The Kier molecular flexibility index (Phi) is 7.04. The lowest BCUT2D eigenvalue weighted by molar-refractivity contribution is 0.0157. The Morgan fingerprint density at radius 2 is 1.94 bits per heavy atom. The van der Waals surface area contributed by atoms with Gasteiger partial charge in [0.05, 0.1) is 18.8 Å². The van der Waals surface area contributed by atoms with Gasteiger partial charge in [-0.3, -0.25) is 4.90 Å². The number of rotatable bonds is 8. The molecule has 0 aliphatic carbocycles. The summed E-state index contributed by atoms with van der Waals surface area (Å²) < 4.78 is 30.2. The number of ether oxygens (including phenoxy) is 1. The normalized spacial score (nSPS) is 24.7. The number of hydrogen-bond donors (Lipinski definition) is 1. The molecule has 0 amide bonds. The number of alkyl halides is 2. The molecule has 1 aliphatic rings. The van der Waals surface area contributed by atoms with Crippen molar-refractivity contribution in [2.75, 3.05) is 33.2 Å². The fourth-order valence-electron chi connectivity index (χ4n) is 2.26. The van der Waals surface area contributed by atoms with Crippen LogP contribution in [0.15, 0.2) is 0 Å². The van der Waals surface area contributed by atoms with E-state index in [1.807, 2.05) is 0 Å². The molecule has 2 atom stereocenters. The van der Waals surface area contributed by atoms with Gasteiger partial charge in [-0.25, -0.2) is 8.78 Å². The Hall–Kier alpha value is -0.260. The minimum absolute atomic E-state index is 0.111. The van der Waals surface area contributed by atoms with E-state index in [-0.39, 0.29) is 18.8 Å². The average molecular weight is 264 g/mol. The second-order valence-electron chi connectivity index (χ2n) is 5.62. The van der Waals surface area contributed by atoms with Gasteiger partial charge in [-0.15, -0.1) is 0 Å². The van der Waals surface area contributed by atoms with Crippen molar-refractivity contribution >= 4 is 0 Å². The van der Waals surface area contributed by atoms with E-state index in [9.17, 15) is 8.78 Å². The van der Waals surface area contributed by atoms with Crippen LogP contribution in [-0.4, -0.2) is 56.8 Å². The van der Waals surface area contributed by atoms with Crippen molar-refractivity contribution in [1.82, 2.24) is 10.2 Å². The molecule has 1 N–H and O–H groups in total. The molecular formula is C13H26F2N2O. The second kappa shape index (κ2) is 8.02. The number of halogens is 2. The largest absolute Gasteiger partial charge is 0.372 e. The molecule has 18 heavy (non-hydrogen) atoms. The van der Waals surface area contributed by atoms with Gasteiger partial charge in [0.15, 0.2) is 0 Å². The van der Waals surface area contributed by atoms with Gasteiger partial charge in [-0.1, -0.05) is 13.8 Å². The zero-order valence-electron chi connectivity index (χ0n) is 11.7. The van der Waals surface area contributed by atoms with Crippen LogP contribution in [0.5, 0.6) is 0 Å². The van der Waals surface area contributed by atoms with E-state index >= 15 is 0 Å². The maximum absolute atomic E-state index is 12.2. The van der Waals surface area contributed by atoms with Gasteiger partial charge in [0.2, 0.25) is 0 Å². The van der Waals surface area contributed by atoms with E-state index in [0.29, 0.717) is 12.5 Å². The van der Waals surface area contributed by atoms with E-state index in [1.54, 1.807) is 11.9 Å². The predicted molar refractivity (Wildman–Crippen MR) is 69.1 cm³/mol. The molecular weight excluding hydrogens is 238 g/mol. The molecule has 0 aromatic carbocycles. The quantitative estimate of drug-likeness (QED) is 0.725. The van der Waals surface area contributed by atoms with Gasteiger partial charge in [-0.2, -0.15) is 0 Å². The third-order valence-electron chi connectivity index (χ3n) is 3.09. The van der Waals surface area contributed by atoms with Crippen molar-refractivity contribution in [2.24, 2.45) is 5.92 Å². The number of nitrogens with one attached hydrogen (secondary N) is 1.